The van der Waals surface area contributed by atoms with Crippen molar-refractivity contribution in [2.24, 2.45) is 0 Å². The molecule has 2 heterocycles. The largest absolute Gasteiger partial charge is 0.361 e. The van der Waals surface area contributed by atoms with Gasteiger partial charge in [0.1, 0.15) is 12.2 Å². The maximum Gasteiger partial charge on any atom is 0.161 e. The average molecular weight is 291 g/mol. The fraction of sp³-hybridized carbons (Fsp3) is 0.600. The van der Waals surface area contributed by atoms with Crippen molar-refractivity contribution in [2.45, 2.75) is 52.2 Å². The van der Waals surface area contributed by atoms with Crippen LogP contribution in [-0.2, 0) is 11.5 Å². The summed E-state index contributed by atoms with van der Waals surface area (Å²) in [5.74, 6) is 0.477. The molecule has 0 atom stereocenters. The predicted octanol–water partition coefficient (Wildman–Crippen LogP) is 3.87. The molecule has 0 spiro atoms. The van der Waals surface area contributed by atoms with Crippen LogP contribution in [0.3, 0.4) is 0 Å². The normalized spacial score (nSPS) is 12.5. The topological polar surface area (TPSA) is 39.9 Å². The second-order valence-electron chi connectivity index (χ2n) is 6.83. The van der Waals surface area contributed by atoms with Crippen molar-refractivity contribution >= 4 is 19.2 Å². The van der Waals surface area contributed by atoms with Crippen molar-refractivity contribution < 1.29 is 4.74 Å². The Kier molecular flexibility index (Phi) is 4.60. The third-order valence-corrected chi connectivity index (χ3v) is 5.07. The quantitative estimate of drug-likeness (QED) is 0.599. The minimum Gasteiger partial charge on any atom is -0.361 e. The molecule has 0 N–H and O–H groups in total. The molecule has 110 valence electrons. The van der Waals surface area contributed by atoms with Crippen molar-refractivity contribution in [3.8, 4) is 0 Å². The molecule has 0 aliphatic carbocycles. The number of aromatic nitrogens is 3. The van der Waals surface area contributed by atoms with Crippen molar-refractivity contribution in [3.05, 3.63) is 24.2 Å². The molecule has 0 saturated heterocycles. The maximum atomic E-state index is 5.76. The second-order valence-corrected chi connectivity index (χ2v) is 12.4. The zero-order valence-corrected chi connectivity index (χ0v) is 14.2. The minimum absolute atomic E-state index is 0.477. The first-order valence-electron chi connectivity index (χ1n) is 7.25. The van der Waals surface area contributed by atoms with Crippen LogP contribution in [0.1, 0.15) is 25.3 Å². The van der Waals surface area contributed by atoms with Crippen LogP contribution in [-0.4, -0.2) is 29.2 Å². The van der Waals surface area contributed by atoms with Gasteiger partial charge in [-0.1, -0.05) is 33.5 Å². The summed E-state index contributed by atoms with van der Waals surface area (Å²) >= 11 is 0. The fourth-order valence-electron chi connectivity index (χ4n) is 1.92. The molecule has 2 aromatic heterocycles. The number of ether oxygens (including phenoxy) is 1. The summed E-state index contributed by atoms with van der Waals surface area (Å²) in [5, 5.41) is 0. The van der Waals surface area contributed by atoms with Gasteiger partial charge in [0.25, 0.3) is 0 Å². The average Bonchev–Trinajstić information content (AvgIpc) is 2.76. The number of fused-ring (bicyclic) bond motifs is 1. The van der Waals surface area contributed by atoms with Crippen LogP contribution in [0.4, 0.5) is 0 Å². The molecule has 0 bridgehead atoms. The Hall–Kier alpha value is -1.20. The lowest BCUT2D eigenvalue weighted by atomic mass is 10.1. The molecule has 5 heteroatoms. The van der Waals surface area contributed by atoms with Gasteiger partial charge in [0, 0.05) is 20.9 Å². The standard InChI is InChI=1S/C15H25N3OSi/c1-12(2)13-8-14-15(16-9-13)18(10-17-14)11-19-6-7-20(3,4)5/h8-10,12H,6-7,11H2,1-5H3. The van der Waals surface area contributed by atoms with Crippen LogP contribution in [0, 0.1) is 0 Å². The van der Waals surface area contributed by atoms with E-state index in [9.17, 15) is 0 Å². The molecular formula is C15H25N3OSi. The third-order valence-electron chi connectivity index (χ3n) is 3.37. The number of nitrogens with zero attached hydrogens (tertiary/aromatic N) is 3. The monoisotopic (exact) mass is 291 g/mol. The highest BCUT2D eigenvalue weighted by molar-refractivity contribution is 6.76. The van der Waals surface area contributed by atoms with E-state index in [1.807, 2.05) is 17.1 Å². The van der Waals surface area contributed by atoms with Gasteiger partial charge >= 0.3 is 0 Å². The molecule has 4 nitrogen and oxygen atoms in total. The first-order valence-corrected chi connectivity index (χ1v) is 11.0. The summed E-state index contributed by atoms with van der Waals surface area (Å²) in [6.45, 7) is 12.8. The first-order chi connectivity index (χ1) is 9.37. The van der Waals surface area contributed by atoms with Gasteiger partial charge in [-0.25, -0.2) is 9.97 Å². The van der Waals surface area contributed by atoms with E-state index in [2.05, 4.69) is 49.5 Å². The Morgan fingerprint density at radius 2 is 2.00 bits per heavy atom. The molecule has 2 rings (SSSR count). The summed E-state index contributed by atoms with van der Waals surface area (Å²) in [6.07, 6.45) is 3.75. The lowest BCUT2D eigenvalue weighted by Gasteiger charge is -2.15. The third kappa shape index (κ3) is 3.90. The molecular weight excluding hydrogens is 266 g/mol. The predicted molar refractivity (Wildman–Crippen MR) is 85.7 cm³/mol. The van der Waals surface area contributed by atoms with E-state index in [0.29, 0.717) is 12.6 Å². The van der Waals surface area contributed by atoms with Gasteiger partial charge in [-0.3, -0.25) is 4.57 Å². The Bertz CT molecular complexity index is 572. The molecule has 0 fully saturated rings. The summed E-state index contributed by atoms with van der Waals surface area (Å²) < 4.78 is 7.73. The Balaban J connectivity index is 2.01. The van der Waals surface area contributed by atoms with Crippen molar-refractivity contribution in [1.29, 1.82) is 0 Å². The molecule has 20 heavy (non-hydrogen) atoms. The second kappa shape index (κ2) is 6.05. The number of hydrogen-bond acceptors (Lipinski definition) is 3. The Labute approximate surface area is 122 Å². The summed E-state index contributed by atoms with van der Waals surface area (Å²) in [7, 11) is -1.02. The van der Waals surface area contributed by atoms with E-state index in [1.165, 1.54) is 11.6 Å². The minimum atomic E-state index is -1.02. The zero-order chi connectivity index (χ0) is 14.8. The van der Waals surface area contributed by atoms with Gasteiger partial charge in [-0.2, -0.15) is 0 Å². The fourth-order valence-corrected chi connectivity index (χ4v) is 2.67. The number of hydrogen-bond donors (Lipinski definition) is 0. The van der Waals surface area contributed by atoms with Crippen LogP contribution in [0.2, 0.25) is 25.7 Å². The molecule has 0 saturated carbocycles. The van der Waals surface area contributed by atoms with E-state index in [4.69, 9.17) is 4.74 Å². The molecule has 0 aliphatic heterocycles. The van der Waals surface area contributed by atoms with E-state index in [-0.39, 0.29) is 0 Å². The molecule has 0 aliphatic rings. The first kappa shape index (κ1) is 15.2. The molecule has 0 unspecified atom stereocenters. The van der Waals surface area contributed by atoms with E-state index in [1.54, 1.807) is 0 Å². The zero-order valence-electron chi connectivity index (χ0n) is 13.2. The van der Waals surface area contributed by atoms with Gasteiger partial charge in [0.05, 0.1) is 6.33 Å². The van der Waals surface area contributed by atoms with Crippen LogP contribution in [0.25, 0.3) is 11.2 Å². The Morgan fingerprint density at radius 1 is 1.25 bits per heavy atom. The van der Waals surface area contributed by atoms with Crippen LogP contribution < -0.4 is 0 Å². The Morgan fingerprint density at radius 3 is 2.65 bits per heavy atom. The van der Waals surface area contributed by atoms with Crippen molar-refractivity contribution in [2.75, 3.05) is 6.61 Å². The lowest BCUT2D eigenvalue weighted by Crippen LogP contribution is -2.22. The smallest absolute Gasteiger partial charge is 0.161 e. The van der Waals surface area contributed by atoms with Crippen molar-refractivity contribution in [3.63, 3.8) is 0 Å². The van der Waals surface area contributed by atoms with Crippen LogP contribution in [0.15, 0.2) is 18.6 Å². The summed E-state index contributed by atoms with van der Waals surface area (Å²) in [4.78, 5) is 8.94. The van der Waals surface area contributed by atoms with E-state index >= 15 is 0 Å². The summed E-state index contributed by atoms with van der Waals surface area (Å²) in [5.41, 5.74) is 3.08. The SMILES string of the molecule is CC(C)c1cnc2c(c1)ncn2COCC[Si](C)(C)C. The van der Waals surface area contributed by atoms with Crippen LogP contribution >= 0.6 is 0 Å². The molecule has 0 radical (unpaired) electrons. The number of pyridine rings is 1. The highest BCUT2D eigenvalue weighted by Crippen LogP contribution is 2.18. The lowest BCUT2D eigenvalue weighted by molar-refractivity contribution is 0.0895. The van der Waals surface area contributed by atoms with Crippen LogP contribution in [0.5, 0.6) is 0 Å². The van der Waals surface area contributed by atoms with Gasteiger partial charge in [0.2, 0.25) is 0 Å². The highest BCUT2D eigenvalue weighted by Gasteiger charge is 2.12. The van der Waals surface area contributed by atoms with E-state index in [0.717, 1.165) is 17.8 Å². The molecule has 0 aromatic carbocycles. The summed E-state index contributed by atoms with van der Waals surface area (Å²) in [6, 6.07) is 3.30. The number of imidazole rings is 1. The maximum absolute atomic E-state index is 5.76. The molecule has 0 amide bonds. The van der Waals surface area contributed by atoms with Gasteiger partial charge in [-0.05, 0) is 23.6 Å². The van der Waals surface area contributed by atoms with Gasteiger partial charge in [0.15, 0.2) is 5.65 Å². The van der Waals surface area contributed by atoms with E-state index < -0.39 is 8.07 Å². The number of rotatable bonds is 6. The molecule has 2 aromatic rings. The highest BCUT2D eigenvalue weighted by atomic mass is 28.3. The van der Waals surface area contributed by atoms with Crippen molar-refractivity contribution in [1.82, 2.24) is 14.5 Å². The van der Waals surface area contributed by atoms with Gasteiger partial charge in [-0.15, -0.1) is 0 Å². The van der Waals surface area contributed by atoms with Gasteiger partial charge < -0.3 is 4.74 Å².